The molecule has 3 aromatic rings. The summed E-state index contributed by atoms with van der Waals surface area (Å²) in [4.78, 5) is 15.7. The maximum Gasteiger partial charge on any atom is 0.289 e. The molecule has 0 spiro atoms. The Morgan fingerprint density at radius 3 is 2.83 bits per heavy atom. The smallest absolute Gasteiger partial charge is 0.289 e. The van der Waals surface area contributed by atoms with Crippen LogP contribution in [0.15, 0.2) is 64.2 Å². The lowest BCUT2D eigenvalue weighted by Crippen LogP contribution is -2.18. The van der Waals surface area contributed by atoms with Crippen molar-refractivity contribution >= 4 is 35.3 Å². The van der Waals surface area contributed by atoms with Crippen LogP contribution in [0.2, 0.25) is 10.0 Å². The lowest BCUT2D eigenvalue weighted by molar-refractivity contribution is 0.0950. The molecule has 0 aliphatic carbocycles. The van der Waals surface area contributed by atoms with Gasteiger partial charge in [-0.2, -0.15) is 5.10 Å². The minimum absolute atomic E-state index is 0.278. The molecule has 1 N–H and O–H groups in total. The Morgan fingerprint density at radius 1 is 1.17 bits per heavy atom. The molecule has 2 aromatic heterocycles. The SMILES string of the molecule is O=C(N/N=C/c1ccc(-c2cc(Cl)ccc2Cl)o1)c1ccccn1. The third kappa shape index (κ3) is 3.82. The van der Waals surface area contributed by atoms with Crippen molar-refractivity contribution in [2.75, 3.05) is 0 Å². The Labute approximate surface area is 147 Å². The first-order valence-corrected chi connectivity index (χ1v) is 7.69. The third-order valence-electron chi connectivity index (χ3n) is 3.08. The number of carbonyl (C=O) groups excluding carboxylic acids is 1. The van der Waals surface area contributed by atoms with Gasteiger partial charge in [-0.25, -0.2) is 5.43 Å². The lowest BCUT2D eigenvalue weighted by atomic mass is 10.2. The molecule has 0 saturated carbocycles. The van der Waals surface area contributed by atoms with Gasteiger partial charge >= 0.3 is 0 Å². The average molecular weight is 360 g/mol. The van der Waals surface area contributed by atoms with Crippen molar-refractivity contribution in [3.8, 4) is 11.3 Å². The number of pyridine rings is 1. The zero-order valence-corrected chi connectivity index (χ0v) is 13.8. The molecule has 1 aromatic carbocycles. The van der Waals surface area contributed by atoms with E-state index in [2.05, 4.69) is 15.5 Å². The fourth-order valence-corrected chi connectivity index (χ4v) is 2.34. The predicted molar refractivity (Wildman–Crippen MR) is 93.5 cm³/mol. The van der Waals surface area contributed by atoms with E-state index in [-0.39, 0.29) is 5.69 Å². The van der Waals surface area contributed by atoms with Crippen LogP contribution in [0, 0.1) is 0 Å². The fraction of sp³-hybridized carbons (Fsp3) is 0. The van der Waals surface area contributed by atoms with E-state index >= 15 is 0 Å². The van der Waals surface area contributed by atoms with Crippen molar-refractivity contribution in [1.82, 2.24) is 10.4 Å². The van der Waals surface area contributed by atoms with Crippen LogP contribution in [0.3, 0.4) is 0 Å². The molecule has 24 heavy (non-hydrogen) atoms. The molecule has 0 fully saturated rings. The molecule has 0 saturated heterocycles. The van der Waals surface area contributed by atoms with E-state index in [0.29, 0.717) is 27.1 Å². The standard InChI is InChI=1S/C17H11Cl2N3O2/c18-11-4-6-14(19)13(9-11)16-7-5-12(24-16)10-21-22-17(23)15-3-1-2-8-20-15/h1-10H,(H,22,23)/b21-10+. The summed E-state index contributed by atoms with van der Waals surface area (Å²) < 4.78 is 5.63. The first-order valence-electron chi connectivity index (χ1n) is 6.93. The number of halogens is 2. The van der Waals surface area contributed by atoms with E-state index in [1.165, 1.54) is 12.4 Å². The van der Waals surface area contributed by atoms with Gasteiger partial charge in [0.2, 0.25) is 0 Å². The number of aromatic nitrogens is 1. The molecular formula is C17H11Cl2N3O2. The number of benzene rings is 1. The lowest BCUT2D eigenvalue weighted by Gasteiger charge is -2.01. The van der Waals surface area contributed by atoms with Gasteiger partial charge in [-0.15, -0.1) is 0 Å². The molecule has 0 aliphatic heterocycles. The number of amides is 1. The number of rotatable bonds is 4. The van der Waals surface area contributed by atoms with Crippen LogP contribution < -0.4 is 5.43 Å². The Morgan fingerprint density at radius 2 is 2.04 bits per heavy atom. The average Bonchev–Trinajstić information content (AvgIpc) is 3.06. The summed E-state index contributed by atoms with van der Waals surface area (Å²) in [6, 6.07) is 13.6. The van der Waals surface area contributed by atoms with E-state index in [0.717, 1.165) is 0 Å². The summed E-state index contributed by atoms with van der Waals surface area (Å²) in [5, 5.41) is 4.93. The van der Waals surface area contributed by atoms with Gasteiger partial charge in [0.1, 0.15) is 17.2 Å². The number of hydrazone groups is 1. The first kappa shape index (κ1) is 16.2. The topological polar surface area (TPSA) is 67.5 Å². The van der Waals surface area contributed by atoms with Crippen LogP contribution in [0.4, 0.5) is 0 Å². The number of nitrogens with one attached hydrogen (secondary N) is 1. The molecule has 7 heteroatoms. The highest BCUT2D eigenvalue weighted by Gasteiger charge is 2.09. The van der Waals surface area contributed by atoms with Gasteiger partial charge in [0.15, 0.2) is 0 Å². The maximum absolute atomic E-state index is 11.8. The van der Waals surface area contributed by atoms with Crippen molar-refractivity contribution < 1.29 is 9.21 Å². The Hall–Kier alpha value is -2.63. The summed E-state index contributed by atoms with van der Waals surface area (Å²) in [6.07, 6.45) is 2.93. The van der Waals surface area contributed by atoms with Crippen molar-refractivity contribution in [1.29, 1.82) is 0 Å². The van der Waals surface area contributed by atoms with Crippen molar-refractivity contribution in [3.63, 3.8) is 0 Å². The van der Waals surface area contributed by atoms with E-state index in [1.54, 1.807) is 48.5 Å². The largest absolute Gasteiger partial charge is 0.455 e. The third-order valence-corrected chi connectivity index (χ3v) is 3.64. The molecule has 0 radical (unpaired) electrons. The molecule has 0 aliphatic rings. The number of hydrogen-bond donors (Lipinski definition) is 1. The predicted octanol–water partition coefficient (Wildman–Crippen LogP) is 4.41. The molecule has 1 amide bonds. The second-order valence-electron chi connectivity index (χ2n) is 4.74. The van der Waals surface area contributed by atoms with E-state index in [1.807, 2.05) is 0 Å². The number of furan rings is 1. The monoisotopic (exact) mass is 359 g/mol. The molecule has 0 bridgehead atoms. The van der Waals surface area contributed by atoms with Crippen LogP contribution in [-0.4, -0.2) is 17.1 Å². The van der Waals surface area contributed by atoms with Crippen molar-refractivity contribution in [2.45, 2.75) is 0 Å². The summed E-state index contributed by atoms with van der Waals surface area (Å²) in [7, 11) is 0. The van der Waals surface area contributed by atoms with E-state index in [9.17, 15) is 4.79 Å². The molecule has 3 rings (SSSR count). The van der Waals surface area contributed by atoms with Gasteiger partial charge in [0.25, 0.3) is 5.91 Å². The molecular weight excluding hydrogens is 349 g/mol. The van der Waals surface area contributed by atoms with Crippen LogP contribution in [0.1, 0.15) is 16.2 Å². The number of carbonyl (C=O) groups is 1. The summed E-state index contributed by atoms with van der Waals surface area (Å²) in [6.45, 7) is 0. The molecule has 2 heterocycles. The quantitative estimate of drug-likeness (QED) is 0.554. The van der Waals surface area contributed by atoms with Crippen molar-refractivity contribution in [3.05, 3.63) is 76.2 Å². The van der Waals surface area contributed by atoms with Gasteiger partial charge in [-0.1, -0.05) is 29.3 Å². The summed E-state index contributed by atoms with van der Waals surface area (Å²) >= 11 is 12.1. The molecule has 0 unspecified atom stereocenters. The minimum Gasteiger partial charge on any atom is -0.455 e. The first-order chi connectivity index (χ1) is 11.6. The second-order valence-corrected chi connectivity index (χ2v) is 5.58. The van der Waals surface area contributed by atoms with Gasteiger partial charge < -0.3 is 4.42 Å². The Balaban J connectivity index is 1.70. The van der Waals surface area contributed by atoms with Crippen molar-refractivity contribution in [2.24, 2.45) is 5.10 Å². The minimum atomic E-state index is -0.406. The zero-order chi connectivity index (χ0) is 16.9. The highest BCUT2D eigenvalue weighted by molar-refractivity contribution is 6.35. The molecule has 120 valence electrons. The number of hydrogen-bond acceptors (Lipinski definition) is 4. The summed E-state index contributed by atoms with van der Waals surface area (Å²) in [5.41, 5.74) is 3.34. The van der Waals surface area contributed by atoms with Crippen LogP contribution in [-0.2, 0) is 0 Å². The number of nitrogens with zero attached hydrogens (tertiary/aromatic N) is 2. The van der Waals surface area contributed by atoms with Gasteiger partial charge in [-0.05, 0) is 42.5 Å². The molecule has 5 nitrogen and oxygen atoms in total. The van der Waals surface area contributed by atoms with E-state index in [4.69, 9.17) is 27.6 Å². The Bertz CT molecular complexity index is 892. The fourth-order valence-electron chi connectivity index (χ4n) is 1.96. The summed E-state index contributed by atoms with van der Waals surface area (Å²) in [5.74, 6) is 0.610. The van der Waals surface area contributed by atoms with Crippen LogP contribution >= 0.6 is 23.2 Å². The van der Waals surface area contributed by atoms with Gasteiger partial charge in [0.05, 0.1) is 11.2 Å². The maximum atomic E-state index is 11.8. The molecule has 0 atom stereocenters. The Kier molecular flexibility index (Phi) is 4.93. The second kappa shape index (κ2) is 7.29. The normalized spacial score (nSPS) is 10.9. The van der Waals surface area contributed by atoms with Crippen LogP contribution in [0.5, 0.6) is 0 Å². The van der Waals surface area contributed by atoms with Crippen LogP contribution in [0.25, 0.3) is 11.3 Å². The van der Waals surface area contributed by atoms with E-state index < -0.39 is 5.91 Å². The highest BCUT2D eigenvalue weighted by atomic mass is 35.5. The van der Waals surface area contributed by atoms with Gasteiger partial charge in [0, 0.05) is 16.8 Å². The highest BCUT2D eigenvalue weighted by Crippen LogP contribution is 2.31. The zero-order valence-electron chi connectivity index (χ0n) is 12.2. The van der Waals surface area contributed by atoms with Gasteiger partial charge in [-0.3, -0.25) is 9.78 Å².